The van der Waals surface area contributed by atoms with Crippen LogP contribution in [-0.2, 0) is 6.42 Å². The molecule has 2 heterocycles. The number of thiazole rings is 1. The van der Waals surface area contributed by atoms with Gasteiger partial charge in [0.1, 0.15) is 0 Å². The first-order valence-corrected chi connectivity index (χ1v) is 6.71. The number of hydrogen-bond donors (Lipinski definition) is 0. The van der Waals surface area contributed by atoms with E-state index in [2.05, 4.69) is 9.55 Å². The highest BCUT2D eigenvalue weighted by atomic mass is 32.1. The first kappa shape index (κ1) is 10.7. The molecule has 3 nitrogen and oxygen atoms in total. The van der Waals surface area contributed by atoms with E-state index in [-0.39, 0.29) is 5.78 Å². The molecule has 2 aromatic rings. The number of fused-ring (bicyclic) bond motifs is 1. The highest BCUT2D eigenvalue weighted by Gasteiger charge is 2.23. The van der Waals surface area contributed by atoms with Crippen molar-refractivity contribution in [3.05, 3.63) is 34.1 Å². The Kier molecular flexibility index (Phi) is 2.40. The number of hydrogen-bond acceptors (Lipinski definition) is 3. The summed E-state index contributed by atoms with van der Waals surface area (Å²) < 4.78 is 2.14. The normalized spacial score (nSPS) is 15.1. The second kappa shape index (κ2) is 3.81. The molecule has 0 aliphatic heterocycles. The van der Waals surface area contributed by atoms with Gasteiger partial charge in [-0.15, -0.1) is 11.3 Å². The van der Waals surface area contributed by atoms with Crippen LogP contribution < -0.4 is 0 Å². The molecule has 88 valence electrons. The summed E-state index contributed by atoms with van der Waals surface area (Å²) in [6.45, 7) is 4.04. The third-order valence-electron chi connectivity index (χ3n) is 3.20. The van der Waals surface area contributed by atoms with Crippen LogP contribution >= 0.6 is 11.3 Å². The van der Waals surface area contributed by atoms with Gasteiger partial charge in [0.15, 0.2) is 10.9 Å². The third-order valence-corrected chi connectivity index (χ3v) is 4.15. The van der Waals surface area contributed by atoms with Gasteiger partial charge in [-0.2, -0.15) is 0 Å². The summed E-state index contributed by atoms with van der Waals surface area (Å²) in [4.78, 5) is 16.4. The van der Waals surface area contributed by atoms with Gasteiger partial charge < -0.3 is 0 Å². The molecule has 0 aromatic carbocycles. The average molecular weight is 246 g/mol. The van der Waals surface area contributed by atoms with Crippen LogP contribution in [0.25, 0.3) is 5.13 Å². The van der Waals surface area contributed by atoms with E-state index in [4.69, 9.17) is 0 Å². The largest absolute Gasteiger partial charge is 0.294 e. The Morgan fingerprint density at radius 2 is 2.18 bits per heavy atom. The molecule has 1 aliphatic rings. The van der Waals surface area contributed by atoms with Crippen LogP contribution in [0.5, 0.6) is 0 Å². The van der Waals surface area contributed by atoms with Crippen molar-refractivity contribution in [2.24, 2.45) is 0 Å². The second-order valence-electron chi connectivity index (χ2n) is 4.53. The minimum Gasteiger partial charge on any atom is -0.294 e. The highest BCUT2D eigenvalue weighted by Crippen LogP contribution is 2.29. The SMILES string of the molecule is Cc1csc(-n2c(C)cc3c2CCCC3=O)n1. The Morgan fingerprint density at radius 1 is 1.35 bits per heavy atom. The minimum atomic E-state index is 0.279. The van der Waals surface area contributed by atoms with E-state index in [0.29, 0.717) is 6.42 Å². The van der Waals surface area contributed by atoms with Crippen molar-refractivity contribution in [2.45, 2.75) is 33.1 Å². The van der Waals surface area contributed by atoms with Crippen LogP contribution in [0, 0.1) is 13.8 Å². The summed E-state index contributed by atoms with van der Waals surface area (Å²) in [5.41, 5.74) is 4.20. The van der Waals surface area contributed by atoms with Gasteiger partial charge in [-0.05, 0) is 32.8 Å². The lowest BCUT2D eigenvalue weighted by Crippen LogP contribution is -2.12. The highest BCUT2D eigenvalue weighted by molar-refractivity contribution is 7.12. The Balaban J connectivity index is 2.20. The summed E-state index contributed by atoms with van der Waals surface area (Å²) in [6.07, 6.45) is 2.63. The summed E-state index contributed by atoms with van der Waals surface area (Å²) in [5.74, 6) is 0.279. The van der Waals surface area contributed by atoms with E-state index in [1.807, 2.05) is 25.3 Å². The Labute approximate surface area is 104 Å². The molecule has 0 spiro atoms. The molecule has 0 atom stereocenters. The van der Waals surface area contributed by atoms with Crippen LogP contribution in [0.1, 0.15) is 40.3 Å². The van der Waals surface area contributed by atoms with Crippen LogP contribution in [0.15, 0.2) is 11.4 Å². The molecule has 3 rings (SSSR count). The number of carbonyl (C=O) groups is 1. The first-order chi connectivity index (χ1) is 8.16. The molecule has 0 saturated heterocycles. The molecule has 4 heteroatoms. The maximum Gasteiger partial charge on any atom is 0.194 e. The molecule has 1 aliphatic carbocycles. The Hall–Kier alpha value is -1.42. The number of rotatable bonds is 1. The van der Waals surface area contributed by atoms with E-state index >= 15 is 0 Å². The van der Waals surface area contributed by atoms with Crippen molar-refractivity contribution in [2.75, 3.05) is 0 Å². The Morgan fingerprint density at radius 3 is 2.88 bits per heavy atom. The van der Waals surface area contributed by atoms with Crippen molar-refractivity contribution in [3.8, 4) is 5.13 Å². The molecule has 0 bridgehead atoms. The summed E-state index contributed by atoms with van der Waals surface area (Å²) in [7, 11) is 0. The second-order valence-corrected chi connectivity index (χ2v) is 5.37. The number of nitrogens with zero attached hydrogens (tertiary/aromatic N) is 2. The van der Waals surface area contributed by atoms with E-state index < -0.39 is 0 Å². The van der Waals surface area contributed by atoms with Crippen molar-refractivity contribution in [1.29, 1.82) is 0 Å². The number of ketones is 1. The average Bonchev–Trinajstić information content (AvgIpc) is 2.82. The predicted octanol–water partition coefficient (Wildman–Crippen LogP) is 3.07. The maximum atomic E-state index is 11.9. The van der Waals surface area contributed by atoms with Crippen LogP contribution in [-0.4, -0.2) is 15.3 Å². The van der Waals surface area contributed by atoms with Gasteiger partial charge in [0.25, 0.3) is 0 Å². The molecule has 0 radical (unpaired) electrons. The molecular weight excluding hydrogens is 232 g/mol. The summed E-state index contributed by atoms with van der Waals surface area (Å²) in [6, 6.07) is 2.01. The fraction of sp³-hybridized carbons (Fsp3) is 0.385. The zero-order valence-electron chi connectivity index (χ0n) is 9.99. The van der Waals surface area contributed by atoms with Gasteiger partial charge >= 0.3 is 0 Å². The number of aromatic nitrogens is 2. The zero-order chi connectivity index (χ0) is 12.0. The molecule has 0 fully saturated rings. The van der Waals surface area contributed by atoms with Crippen LogP contribution in [0.2, 0.25) is 0 Å². The van der Waals surface area contributed by atoms with Crippen LogP contribution in [0.3, 0.4) is 0 Å². The Bertz CT molecular complexity index is 595. The lowest BCUT2D eigenvalue weighted by atomic mass is 9.97. The summed E-state index contributed by atoms with van der Waals surface area (Å²) in [5, 5.41) is 3.03. The van der Waals surface area contributed by atoms with E-state index in [1.54, 1.807) is 11.3 Å². The predicted molar refractivity (Wildman–Crippen MR) is 68.2 cm³/mol. The minimum absolute atomic E-state index is 0.279. The molecule has 0 amide bonds. The molecule has 0 unspecified atom stereocenters. The summed E-state index contributed by atoms with van der Waals surface area (Å²) >= 11 is 1.64. The number of carbonyl (C=O) groups excluding carboxylic acids is 1. The van der Waals surface area contributed by atoms with Crippen molar-refractivity contribution in [3.63, 3.8) is 0 Å². The van der Waals surface area contributed by atoms with Crippen molar-refractivity contribution < 1.29 is 4.79 Å². The molecular formula is C13H14N2OS. The van der Waals surface area contributed by atoms with Gasteiger partial charge in [0.05, 0.1) is 5.69 Å². The van der Waals surface area contributed by atoms with E-state index in [1.165, 1.54) is 0 Å². The van der Waals surface area contributed by atoms with Crippen molar-refractivity contribution in [1.82, 2.24) is 9.55 Å². The van der Waals surface area contributed by atoms with Gasteiger partial charge in [0, 0.05) is 28.8 Å². The fourth-order valence-corrected chi connectivity index (χ4v) is 3.32. The van der Waals surface area contributed by atoms with E-state index in [0.717, 1.165) is 40.6 Å². The van der Waals surface area contributed by atoms with Crippen molar-refractivity contribution >= 4 is 17.1 Å². The standard InChI is InChI=1S/C13H14N2OS/c1-8-7-17-13(14-8)15-9(2)6-10-11(15)4-3-5-12(10)16/h6-7H,3-5H2,1-2H3. The lowest BCUT2D eigenvalue weighted by Gasteiger charge is -2.13. The number of Topliss-reactive ketones (excluding diaryl/α,β-unsaturated/α-hetero) is 1. The lowest BCUT2D eigenvalue weighted by molar-refractivity contribution is 0.0972. The smallest absolute Gasteiger partial charge is 0.194 e. The molecule has 0 N–H and O–H groups in total. The van der Waals surface area contributed by atoms with Gasteiger partial charge in [-0.1, -0.05) is 0 Å². The van der Waals surface area contributed by atoms with Crippen LogP contribution in [0.4, 0.5) is 0 Å². The molecule has 2 aromatic heterocycles. The quantitative estimate of drug-likeness (QED) is 0.775. The topological polar surface area (TPSA) is 34.9 Å². The monoisotopic (exact) mass is 246 g/mol. The molecule has 17 heavy (non-hydrogen) atoms. The van der Waals surface area contributed by atoms with E-state index in [9.17, 15) is 4.79 Å². The first-order valence-electron chi connectivity index (χ1n) is 5.84. The van der Waals surface area contributed by atoms with Gasteiger partial charge in [-0.3, -0.25) is 9.36 Å². The van der Waals surface area contributed by atoms with Gasteiger partial charge in [-0.25, -0.2) is 4.98 Å². The third kappa shape index (κ3) is 1.63. The molecule has 0 saturated carbocycles. The number of aryl methyl sites for hydroxylation is 2. The zero-order valence-corrected chi connectivity index (χ0v) is 10.8. The fourth-order valence-electron chi connectivity index (χ4n) is 2.44. The van der Waals surface area contributed by atoms with Gasteiger partial charge in [0.2, 0.25) is 0 Å². The maximum absolute atomic E-state index is 11.9.